The average Bonchev–Trinajstić information content (AvgIpc) is 3.11. The maximum atomic E-state index is 11.9. The molecule has 0 spiro atoms. The number of hydrogen-bond donors (Lipinski definition) is 1. The van der Waals surface area contributed by atoms with E-state index in [9.17, 15) is 4.79 Å². The summed E-state index contributed by atoms with van der Waals surface area (Å²) < 4.78 is 0. The monoisotopic (exact) mass is 315 g/mol. The maximum Gasteiger partial charge on any atom is 0.239 e. The third-order valence-corrected chi connectivity index (χ3v) is 4.80. The zero-order chi connectivity index (χ0) is 14.5. The van der Waals surface area contributed by atoms with Gasteiger partial charge >= 0.3 is 0 Å². The molecule has 0 radical (unpaired) electrons. The molecule has 2 heterocycles. The highest BCUT2D eigenvalue weighted by atomic mass is 32.2. The minimum atomic E-state index is -0.136. The van der Waals surface area contributed by atoms with E-state index in [2.05, 4.69) is 15.5 Å². The highest BCUT2D eigenvalue weighted by Gasteiger charge is 2.30. The summed E-state index contributed by atoms with van der Waals surface area (Å²) >= 11 is 3.03. The Morgan fingerprint density at radius 2 is 2.05 bits per heavy atom. The van der Waals surface area contributed by atoms with Crippen molar-refractivity contribution >= 4 is 40.4 Å². The third-order valence-electron chi connectivity index (χ3n) is 2.92. The van der Waals surface area contributed by atoms with E-state index in [0.29, 0.717) is 11.6 Å². The molecule has 6 heteroatoms. The molecule has 4 nitrogen and oxygen atoms in total. The first-order valence-corrected chi connectivity index (χ1v) is 8.23. The molecular formula is C15H13N3OS2. The van der Waals surface area contributed by atoms with Crippen LogP contribution in [0.4, 0.5) is 0 Å². The Morgan fingerprint density at radius 1 is 1.19 bits per heavy atom. The van der Waals surface area contributed by atoms with Crippen molar-refractivity contribution < 1.29 is 4.79 Å². The van der Waals surface area contributed by atoms with Crippen molar-refractivity contribution in [1.82, 2.24) is 5.32 Å². The summed E-state index contributed by atoms with van der Waals surface area (Å²) in [7, 11) is 0. The molecule has 1 fully saturated rings. The summed E-state index contributed by atoms with van der Waals surface area (Å²) in [4.78, 5) is 13.0. The molecule has 1 aliphatic heterocycles. The summed E-state index contributed by atoms with van der Waals surface area (Å²) in [5.41, 5.74) is 1.15. The molecule has 2 aromatic rings. The highest BCUT2D eigenvalue weighted by Crippen LogP contribution is 2.23. The molecular weight excluding hydrogens is 302 g/mol. The Labute approximate surface area is 131 Å². The summed E-state index contributed by atoms with van der Waals surface area (Å²) in [6.45, 7) is 0. The molecule has 1 amide bonds. The van der Waals surface area contributed by atoms with Gasteiger partial charge in [-0.25, -0.2) is 0 Å². The Morgan fingerprint density at radius 3 is 2.81 bits per heavy atom. The van der Waals surface area contributed by atoms with Crippen LogP contribution in [0, 0.1) is 0 Å². The average molecular weight is 315 g/mol. The summed E-state index contributed by atoms with van der Waals surface area (Å²) in [6, 6.07) is 13.9. The number of rotatable bonds is 4. The van der Waals surface area contributed by atoms with Crippen LogP contribution in [0.1, 0.15) is 10.4 Å². The molecule has 1 aliphatic rings. The van der Waals surface area contributed by atoms with Gasteiger partial charge in [0.25, 0.3) is 0 Å². The Hall–Kier alpha value is -1.92. The van der Waals surface area contributed by atoms with Crippen LogP contribution < -0.4 is 5.32 Å². The first kappa shape index (κ1) is 14.0. The normalized spacial score (nSPS) is 20.3. The molecule has 0 saturated carbocycles. The Kier molecular flexibility index (Phi) is 4.47. The lowest BCUT2D eigenvalue weighted by Gasteiger charge is -2.04. The van der Waals surface area contributed by atoms with E-state index in [1.165, 1.54) is 11.8 Å². The van der Waals surface area contributed by atoms with E-state index >= 15 is 0 Å². The molecule has 1 N–H and O–H groups in total. The van der Waals surface area contributed by atoms with Crippen molar-refractivity contribution in [3.63, 3.8) is 0 Å². The van der Waals surface area contributed by atoms with Crippen LogP contribution in [0.3, 0.4) is 0 Å². The van der Waals surface area contributed by atoms with Gasteiger partial charge in [-0.05, 0) is 23.4 Å². The van der Waals surface area contributed by atoms with Crippen molar-refractivity contribution in [2.45, 2.75) is 11.7 Å². The van der Waals surface area contributed by atoms with E-state index in [1.807, 2.05) is 47.8 Å². The minimum Gasteiger partial charge on any atom is -0.303 e. The number of nitrogens with zero attached hydrogens (tertiary/aromatic N) is 2. The smallest absolute Gasteiger partial charge is 0.239 e. The fraction of sp³-hybridized carbons (Fsp3) is 0.133. The van der Waals surface area contributed by atoms with Crippen LogP contribution in [0.15, 0.2) is 58.0 Å². The van der Waals surface area contributed by atoms with Crippen LogP contribution in [0.2, 0.25) is 0 Å². The van der Waals surface area contributed by atoms with Crippen molar-refractivity contribution in [2.75, 3.05) is 0 Å². The van der Waals surface area contributed by atoms with Gasteiger partial charge in [0.2, 0.25) is 5.91 Å². The van der Waals surface area contributed by atoms with E-state index < -0.39 is 0 Å². The summed E-state index contributed by atoms with van der Waals surface area (Å²) in [5.74, 6) is -0.00562. The number of nitrogens with one attached hydrogen (secondary N) is 1. The SMILES string of the molecule is O=C1N/C(=N\N=C\c2cccs2)S[C@H]1Cc1ccccc1. The minimum absolute atomic E-state index is 0.00562. The fourth-order valence-electron chi connectivity index (χ4n) is 1.92. The second-order valence-electron chi connectivity index (χ2n) is 4.45. The first-order chi connectivity index (χ1) is 10.3. The number of thioether (sulfide) groups is 1. The number of carbonyl (C=O) groups excluding carboxylic acids is 1. The molecule has 1 aromatic heterocycles. The number of amidine groups is 1. The first-order valence-electron chi connectivity index (χ1n) is 6.47. The largest absolute Gasteiger partial charge is 0.303 e. The number of carbonyl (C=O) groups is 1. The third kappa shape index (κ3) is 3.80. The zero-order valence-corrected chi connectivity index (χ0v) is 12.7. The standard InChI is InChI=1S/C15H13N3OS2/c19-14-13(9-11-5-2-1-3-6-11)21-15(17-14)18-16-10-12-7-4-8-20-12/h1-8,10,13H,9H2,(H,17,18,19)/b16-10+/t13-/m0/s1. The van der Waals surface area contributed by atoms with E-state index in [4.69, 9.17) is 0 Å². The molecule has 1 atom stereocenters. The van der Waals surface area contributed by atoms with E-state index in [0.717, 1.165) is 10.4 Å². The molecule has 106 valence electrons. The lowest BCUT2D eigenvalue weighted by atomic mass is 10.1. The van der Waals surface area contributed by atoms with Gasteiger partial charge in [0.1, 0.15) is 0 Å². The van der Waals surface area contributed by atoms with Gasteiger partial charge in [0, 0.05) is 4.88 Å². The van der Waals surface area contributed by atoms with Crippen molar-refractivity contribution in [1.29, 1.82) is 0 Å². The second-order valence-corrected chi connectivity index (χ2v) is 6.62. The van der Waals surface area contributed by atoms with Crippen LogP contribution in [0.25, 0.3) is 0 Å². The Bertz CT molecular complexity index is 665. The molecule has 0 unspecified atom stereocenters. The number of thiophene rings is 1. The van der Waals surface area contributed by atoms with Gasteiger partial charge in [0.05, 0.1) is 11.5 Å². The molecule has 3 rings (SSSR count). The van der Waals surface area contributed by atoms with Crippen LogP contribution in [-0.2, 0) is 11.2 Å². The van der Waals surface area contributed by atoms with Crippen LogP contribution in [0.5, 0.6) is 0 Å². The lowest BCUT2D eigenvalue weighted by Crippen LogP contribution is -2.25. The highest BCUT2D eigenvalue weighted by molar-refractivity contribution is 8.15. The van der Waals surface area contributed by atoms with Gasteiger partial charge in [-0.1, -0.05) is 48.2 Å². The number of amides is 1. The van der Waals surface area contributed by atoms with Crippen molar-refractivity contribution in [3.05, 3.63) is 58.3 Å². The van der Waals surface area contributed by atoms with Gasteiger partial charge < -0.3 is 5.32 Å². The van der Waals surface area contributed by atoms with Gasteiger partial charge in [0.15, 0.2) is 5.17 Å². The molecule has 21 heavy (non-hydrogen) atoms. The predicted octanol–water partition coefficient (Wildman–Crippen LogP) is 2.91. The topological polar surface area (TPSA) is 53.8 Å². The molecule has 1 aromatic carbocycles. The predicted molar refractivity (Wildman–Crippen MR) is 89.0 cm³/mol. The second kappa shape index (κ2) is 6.69. The Balaban J connectivity index is 1.62. The summed E-state index contributed by atoms with van der Waals surface area (Å²) in [5, 5.41) is 13.3. The molecule has 0 bridgehead atoms. The maximum absolute atomic E-state index is 11.9. The number of hydrogen-bond acceptors (Lipinski definition) is 5. The quantitative estimate of drug-likeness (QED) is 0.697. The van der Waals surface area contributed by atoms with Crippen LogP contribution >= 0.6 is 23.1 Å². The molecule has 0 aliphatic carbocycles. The molecule has 1 saturated heterocycles. The summed E-state index contributed by atoms with van der Waals surface area (Å²) in [6.07, 6.45) is 2.39. The number of benzene rings is 1. The van der Waals surface area contributed by atoms with E-state index in [1.54, 1.807) is 17.6 Å². The van der Waals surface area contributed by atoms with E-state index in [-0.39, 0.29) is 11.2 Å². The zero-order valence-electron chi connectivity index (χ0n) is 11.1. The fourth-order valence-corrected chi connectivity index (χ4v) is 3.46. The van der Waals surface area contributed by atoms with Gasteiger partial charge in [-0.15, -0.1) is 16.4 Å². The van der Waals surface area contributed by atoms with Crippen molar-refractivity contribution in [3.8, 4) is 0 Å². The van der Waals surface area contributed by atoms with Gasteiger partial charge in [-0.2, -0.15) is 5.10 Å². The lowest BCUT2D eigenvalue weighted by molar-refractivity contribution is -0.118. The van der Waals surface area contributed by atoms with Crippen molar-refractivity contribution in [2.24, 2.45) is 10.2 Å². The van der Waals surface area contributed by atoms with Crippen LogP contribution in [-0.4, -0.2) is 22.5 Å². The van der Waals surface area contributed by atoms with Gasteiger partial charge in [-0.3, -0.25) is 4.79 Å².